The van der Waals surface area contributed by atoms with Gasteiger partial charge in [0.25, 0.3) is 0 Å². The summed E-state index contributed by atoms with van der Waals surface area (Å²) in [6.45, 7) is 9.26. The Kier molecular flexibility index (Phi) is 7.43. The lowest BCUT2D eigenvalue weighted by Crippen LogP contribution is -2.46. The maximum Gasteiger partial charge on any atom is 0.161 e. The van der Waals surface area contributed by atoms with Gasteiger partial charge in [0.1, 0.15) is 0 Å². The highest BCUT2D eigenvalue weighted by molar-refractivity contribution is 5.42. The molecule has 0 unspecified atom stereocenters. The first-order valence-corrected chi connectivity index (χ1v) is 11.1. The number of rotatable bonds is 9. The van der Waals surface area contributed by atoms with Gasteiger partial charge < -0.3 is 19.5 Å². The summed E-state index contributed by atoms with van der Waals surface area (Å²) in [4.78, 5) is 0. The molecular formula is C26H37NO3. The predicted octanol–water partition coefficient (Wildman–Crippen LogP) is 5.41. The molecule has 164 valence electrons. The molecule has 0 aromatic heterocycles. The van der Waals surface area contributed by atoms with E-state index in [-0.39, 0.29) is 11.0 Å². The first-order valence-electron chi connectivity index (χ1n) is 11.1. The number of hydrogen-bond donors (Lipinski definition) is 1. The maximum absolute atomic E-state index is 6.19. The van der Waals surface area contributed by atoms with Gasteiger partial charge in [-0.25, -0.2) is 0 Å². The molecule has 4 heteroatoms. The maximum atomic E-state index is 6.19. The van der Waals surface area contributed by atoms with Crippen molar-refractivity contribution in [2.75, 3.05) is 27.4 Å². The Balaban J connectivity index is 1.69. The number of aryl methyl sites for hydroxylation is 1. The largest absolute Gasteiger partial charge is 0.493 e. The van der Waals surface area contributed by atoms with Crippen LogP contribution in [0.25, 0.3) is 0 Å². The number of benzene rings is 2. The van der Waals surface area contributed by atoms with E-state index >= 15 is 0 Å². The predicted molar refractivity (Wildman–Crippen MR) is 123 cm³/mol. The van der Waals surface area contributed by atoms with E-state index < -0.39 is 0 Å². The van der Waals surface area contributed by atoms with Gasteiger partial charge >= 0.3 is 0 Å². The molecule has 1 saturated heterocycles. The Labute approximate surface area is 181 Å². The molecule has 3 rings (SSSR count). The average molecular weight is 412 g/mol. The first-order chi connectivity index (χ1) is 14.4. The second-order valence-corrected chi connectivity index (χ2v) is 8.84. The van der Waals surface area contributed by atoms with E-state index in [0.717, 1.165) is 56.9 Å². The number of ether oxygens (including phenoxy) is 3. The zero-order chi connectivity index (χ0) is 21.6. The molecule has 2 aromatic rings. The summed E-state index contributed by atoms with van der Waals surface area (Å²) >= 11 is 0. The van der Waals surface area contributed by atoms with Crippen LogP contribution >= 0.6 is 0 Å². The molecule has 0 radical (unpaired) electrons. The lowest BCUT2D eigenvalue weighted by molar-refractivity contribution is -0.0979. The van der Waals surface area contributed by atoms with Gasteiger partial charge in [0.05, 0.1) is 19.8 Å². The van der Waals surface area contributed by atoms with Crippen LogP contribution in [0.1, 0.15) is 56.2 Å². The van der Waals surface area contributed by atoms with E-state index in [0.29, 0.717) is 0 Å². The van der Waals surface area contributed by atoms with Crippen LogP contribution in [0, 0.1) is 6.92 Å². The fraction of sp³-hybridized carbons (Fsp3) is 0.538. The minimum atomic E-state index is -0.0491. The Bertz CT molecular complexity index is 820. The van der Waals surface area contributed by atoms with Crippen molar-refractivity contribution in [3.8, 4) is 11.5 Å². The van der Waals surface area contributed by atoms with Gasteiger partial charge in [-0.05, 0) is 69.3 Å². The van der Waals surface area contributed by atoms with Crippen molar-refractivity contribution >= 4 is 0 Å². The zero-order valence-electron chi connectivity index (χ0n) is 19.2. The molecule has 0 bridgehead atoms. The van der Waals surface area contributed by atoms with Crippen LogP contribution < -0.4 is 14.8 Å². The van der Waals surface area contributed by atoms with Crippen molar-refractivity contribution in [3.05, 3.63) is 59.2 Å². The molecule has 4 nitrogen and oxygen atoms in total. The molecule has 2 atom stereocenters. The Morgan fingerprint density at radius 3 is 2.43 bits per heavy atom. The topological polar surface area (TPSA) is 39.7 Å². The molecular weight excluding hydrogens is 374 g/mol. The molecule has 1 N–H and O–H groups in total. The highest BCUT2D eigenvalue weighted by atomic mass is 16.5. The van der Waals surface area contributed by atoms with Gasteiger partial charge in [0, 0.05) is 18.6 Å². The molecule has 1 fully saturated rings. The molecule has 1 heterocycles. The molecule has 0 amide bonds. The van der Waals surface area contributed by atoms with Crippen LogP contribution in [-0.4, -0.2) is 33.0 Å². The first kappa shape index (κ1) is 22.6. The highest BCUT2D eigenvalue weighted by Gasteiger charge is 2.43. The van der Waals surface area contributed by atoms with Crippen LogP contribution in [0.2, 0.25) is 0 Å². The van der Waals surface area contributed by atoms with Crippen molar-refractivity contribution in [1.82, 2.24) is 5.32 Å². The fourth-order valence-corrected chi connectivity index (χ4v) is 4.64. The molecule has 30 heavy (non-hydrogen) atoms. The summed E-state index contributed by atoms with van der Waals surface area (Å²) in [5.74, 6) is 1.54. The van der Waals surface area contributed by atoms with Gasteiger partial charge in [0.15, 0.2) is 11.5 Å². The smallest absolute Gasteiger partial charge is 0.161 e. The summed E-state index contributed by atoms with van der Waals surface area (Å²) in [6.07, 6.45) is 4.28. The fourth-order valence-electron chi connectivity index (χ4n) is 4.64. The standard InChI is InChI=1S/C26H37NO3/c1-6-25(3)19-26(14-16-30-25,22-10-7-20(2)8-11-22)13-15-27-18-21-9-12-23(28-4)24(17-21)29-5/h7-12,17,27H,6,13-16,18-19H2,1-5H3/t25-,26-/m0/s1. The number of methoxy groups -OCH3 is 2. The van der Waals surface area contributed by atoms with Crippen LogP contribution in [0.3, 0.4) is 0 Å². The van der Waals surface area contributed by atoms with Crippen molar-refractivity contribution in [2.45, 2.75) is 64.0 Å². The summed E-state index contributed by atoms with van der Waals surface area (Å²) in [6, 6.07) is 15.2. The third-order valence-corrected chi connectivity index (χ3v) is 6.71. The highest BCUT2D eigenvalue weighted by Crippen LogP contribution is 2.45. The van der Waals surface area contributed by atoms with E-state index in [2.05, 4.69) is 56.4 Å². The van der Waals surface area contributed by atoms with E-state index in [1.807, 2.05) is 12.1 Å². The second-order valence-electron chi connectivity index (χ2n) is 8.84. The van der Waals surface area contributed by atoms with E-state index in [1.165, 1.54) is 16.7 Å². The Hall–Kier alpha value is -2.04. The van der Waals surface area contributed by atoms with Crippen molar-refractivity contribution in [1.29, 1.82) is 0 Å². The lowest BCUT2D eigenvalue weighted by Gasteiger charge is -2.47. The molecule has 0 spiro atoms. The third-order valence-electron chi connectivity index (χ3n) is 6.71. The van der Waals surface area contributed by atoms with E-state index in [9.17, 15) is 0 Å². The normalized spacial score (nSPS) is 23.9. The van der Waals surface area contributed by atoms with Crippen LogP contribution in [0.5, 0.6) is 11.5 Å². The summed E-state index contributed by atoms with van der Waals surface area (Å²) in [5, 5.41) is 3.65. The lowest BCUT2D eigenvalue weighted by atomic mass is 9.66. The molecule has 1 aliphatic heterocycles. The number of nitrogens with one attached hydrogen (secondary N) is 1. The SMILES string of the molecule is CC[C@@]1(C)C[C@@](CCNCc2ccc(OC)c(OC)c2)(c2ccc(C)cc2)CCO1. The van der Waals surface area contributed by atoms with Gasteiger partial charge in [-0.2, -0.15) is 0 Å². The minimum absolute atomic E-state index is 0.0491. The van der Waals surface area contributed by atoms with Crippen molar-refractivity contribution in [2.24, 2.45) is 0 Å². The third kappa shape index (κ3) is 5.16. The number of hydrogen-bond acceptors (Lipinski definition) is 4. The molecule has 2 aromatic carbocycles. The summed E-state index contributed by atoms with van der Waals surface area (Å²) < 4.78 is 17.0. The van der Waals surface area contributed by atoms with E-state index in [4.69, 9.17) is 14.2 Å². The van der Waals surface area contributed by atoms with Crippen LogP contribution in [0.15, 0.2) is 42.5 Å². The molecule has 1 aliphatic rings. The Morgan fingerprint density at radius 1 is 1.03 bits per heavy atom. The summed E-state index contributed by atoms with van der Waals surface area (Å²) in [7, 11) is 3.34. The van der Waals surface area contributed by atoms with Crippen LogP contribution in [0.4, 0.5) is 0 Å². The average Bonchev–Trinajstić information content (AvgIpc) is 2.77. The Morgan fingerprint density at radius 2 is 1.77 bits per heavy atom. The van der Waals surface area contributed by atoms with Crippen molar-refractivity contribution in [3.63, 3.8) is 0 Å². The summed E-state index contributed by atoms with van der Waals surface area (Å²) in [5.41, 5.74) is 4.06. The monoisotopic (exact) mass is 411 g/mol. The molecule has 0 saturated carbocycles. The van der Waals surface area contributed by atoms with Gasteiger partial charge in [-0.1, -0.05) is 42.8 Å². The van der Waals surface area contributed by atoms with Gasteiger partial charge in [-0.3, -0.25) is 0 Å². The second kappa shape index (κ2) is 9.84. The quantitative estimate of drug-likeness (QED) is 0.560. The zero-order valence-corrected chi connectivity index (χ0v) is 19.2. The van der Waals surface area contributed by atoms with Crippen LogP contribution in [-0.2, 0) is 16.7 Å². The van der Waals surface area contributed by atoms with Gasteiger partial charge in [-0.15, -0.1) is 0 Å². The van der Waals surface area contributed by atoms with E-state index in [1.54, 1.807) is 14.2 Å². The van der Waals surface area contributed by atoms with Gasteiger partial charge in [0.2, 0.25) is 0 Å². The minimum Gasteiger partial charge on any atom is -0.493 e. The van der Waals surface area contributed by atoms with Crippen molar-refractivity contribution < 1.29 is 14.2 Å². The molecule has 0 aliphatic carbocycles.